The van der Waals surface area contributed by atoms with Crippen molar-refractivity contribution in [2.24, 2.45) is 11.3 Å². The molecule has 0 unspecified atom stereocenters. The molecule has 0 aromatic heterocycles. The zero-order valence-electron chi connectivity index (χ0n) is 11.3. The van der Waals surface area contributed by atoms with Crippen molar-refractivity contribution in [2.45, 2.75) is 46.6 Å². The van der Waals surface area contributed by atoms with Gasteiger partial charge in [-0.2, -0.15) is 0 Å². The molecule has 1 rings (SSSR count). The van der Waals surface area contributed by atoms with E-state index in [9.17, 15) is 0 Å². The monoisotopic (exact) mass is 213 g/mol. The van der Waals surface area contributed by atoms with Crippen LogP contribution < -0.4 is 0 Å². The van der Waals surface area contributed by atoms with Crippen molar-refractivity contribution in [3.05, 3.63) is 0 Å². The van der Waals surface area contributed by atoms with Crippen LogP contribution in [-0.4, -0.2) is 37.2 Å². The summed E-state index contributed by atoms with van der Waals surface area (Å²) < 4.78 is 5.29. The molecule has 1 aliphatic heterocycles. The molecule has 1 aliphatic rings. The first-order chi connectivity index (χ1) is 6.83. The average Bonchev–Trinajstić information content (AvgIpc) is 1.99. The van der Waals surface area contributed by atoms with Crippen molar-refractivity contribution in [1.82, 2.24) is 4.90 Å². The summed E-state index contributed by atoms with van der Waals surface area (Å²) in [6.45, 7) is 14.9. The van der Waals surface area contributed by atoms with E-state index < -0.39 is 0 Å². The topological polar surface area (TPSA) is 12.5 Å². The molecule has 1 heterocycles. The lowest BCUT2D eigenvalue weighted by atomic mass is 9.73. The van der Waals surface area contributed by atoms with Gasteiger partial charge in [0.2, 0.25) is 0 Å². The van der Waals surface area contributed by atoms with E-state index in [1.54, 1.807) is 7.11 Å². The minimum Gasteiger partial charge on any atom is -0.384 e. The van der Waals surface area contributed by atoms with Gasteiger partial charge in [0.05, 0.1) is 6.61 Å². The number of rotatable bonds is 5. The molecule has 2 heteroatoms. The largest absolute Gasteiger partial charge is 0.384 e. The molecule has 0 bridgehead atoms. The van der Waals surface area contributed by atoms with Crippen LogP contribution in [0.4, 0.5) is 0 Å². The first-order valence-electron chi connectivity index (χ1n) is 6.07. The minimum absolute atomic E-state index is 0.328. The van der Waals surface area contributed by atoms with Gasteiger partial charge >= 0.3 is 0 Å². The normalized spacial score (nSPS) is 20.4. The van der Waals surface area contributed by atoms with Gasteiger partial charge in [-0.05, 0) is 31.6 Å². The van der Waals surface area contributed by atoms with Gasteiger partial charge in [-0.15, -0.1) is 0 Å². The molecule has 0 spiro atoms. The van der Waals surface area contributed by atoms with Gasteiger partial charge in [-0.1, -0.05) is 20.8 Å². The molecule has 2 nitrogen and oxygen atoms in total. The lowest BCUT2D eigenvalue weighted by Gasteiger charge is -2.54. The summed E-state index contributed by atoms with van der Waals surface area (Å²) in [7, 11) is 1.80. The van der Waals surface area contributed by atoms with E-state index in [1.165, 1.54) is 19.5 Å². The highest BCUT2D eigenvalue weighted by Crippen LogP contribution is 2.38. The van der Waals surface area contributed by atoms with Crippen LogP contribution in [0, 0.1) is 11.3 Å². The first-order valence-corrected chi connectivity index (χ1v) is 6.07. The summed E-state index contributed by atoms with van der Waals surface area (Å²) in [5.74, 6) is 0.795. The lowest BCUT2D eigenvalue weighted by Crippen LogP contribution is -2.61. The molecular formula is C13H27NO. The Morgan fingerprint density at radius 3 is 2.13 bits per heavy atom. The second-order valence-electron chi connectivity index (χ2n) is 6.19. The Labute approximate surface area is 95.0 Å². The Bertz CT molecular complexity index is 205. The van der Waals surface area contributed by atoms with E-state index in [-0.39, 0.29) is 0 Å². The molecule has 0 amide bonds. The fourth-order valence-corrected chi connectivity index (χ4v) is 2.18. The standard InChI is InChI=1S/C13H27NO/c1-7-13(4,5)14-8-11(9-14)12(2,3)10-15-6/h11H,7-10H2,1-6H3. The van der Waals surface area contributed by atoms with Crippen LogP contribution in [0.5, 0.6) is 0 Å². The highest BCUT2D eigenvalue weighted by Gasteiger charge is 2.43. The van der Waals surface area contributed by atoms with Crippen molar-refractivity contribution in [2.75, 3.05) is 26.8 Å². The molecule has 0 radical (unpaired) electrons. The predicted octanol–water partition coefficient (Wildman–Crippen LogP) is 2.78. The predicted molar refractivity (Wildman–Crippen MR) is 65.1 cm³/mol. The maximum absolute atomic E-state index is 5.29. The van der Waals surface area contributed by atoms with E-state index >= 15 is 0 Å². The van der Waals surface area contributed by atoms with Crippen LogP contribution in [0.15, 0.2) is 0 Å². The van der Waals surface area contributed by atoms with Crippen LogP contribution in [-0.2, 0) is 4.74 Å². The molecule has 0 aromatic carbocycles. The van der Waals surface area contributed by atoms with Gasteiger partial charge in [0.1, 0.15) is 0 Å². The third-order valence-corrected chi connectivity index (χ3v) is 4.22. The Hall–Kier alpha value is -0.0800. The first kappa shape index (κ1) is 13.0. The molecule has 1 saturated heterocycles. The quantitative estimate of drug-likeness (QED) is 0.696. The zero-order chi connectivity index (χ0) is 11.7. The summed E-state index contributed by atoms with van der Waals surface area (Å²) in [5.41, 5.74) is 0.703. The van der Waals surface area contributed by atoms with Crippen LogP contribution >= 0.6 is 0 Å². The Kier molecular flexibility index (Phi) is 3.83. The molecule has 0 N–H and O–H groups in total. The summed E-state index contributed by atoms with van der Waals surface area (Å²) in [4.78, 5) is 2.59. The lowest BCUT2D eigenvalue weighted by molar-refractivity contribution is -0.0709. The molecule has 0 atom stereocenters. The molecular weight excluding hydrogens is 186 g/mol. The number of hydrogen-bond acceptors (Lipinski definition) is 2. The number of ether oxygens (including phenoxy) is 1. The summed E-state index contributed by atoms with van der Waals surface area (Å²) >= 11 is 0. The van der Waals surface area contributed by atoms with Gasteiger partial charge in [-0.3, -0.25) is 4.90 Å². The zero-order valence-corrected chi connectivity index (χ0v) is 11.3. The van der Waals surface area contributed by atoms with Gasteiger partial charge in [0.15, 0.2) is 0 Å². The van der Waals surface area contributed by atoms with Crippen molar-refractivity contribution in [3.8, 4) is 0 Å². The van der Waals surface area contributed by atoms with Gasteiger partial charge in [-0.25, -0.2) is 0 Å². The van der Waals surface area contributed by atoms with E-state index in [0.717, 1.165) is 12.5 Å². The van der Waals surface area contributed by atoms with E-state index in [0.29, 0.717) is 11.0 Å². The summed E-state index contributed by atoms with van der Waals surface area (Å²) in [6, 6.07) is 0. The summed E-state index contributed by atoms with van der Waals surface area (Å²) in [6.07, 6.45) is 1.23. The minimum atomic E-state index is 0.328. The Morgan fingerprint density at radius 1 is 1.20 bits per heavy atom. The highest BCUT2D eigenvalue weighted by molar-refractivity contribution is 4.96. The van der Waals surface area contributed by atoms with Crippen LogP contribution in [0.25, 0.3) is 0 Å². The van der Waals surface area contributed by atoms with Crippen molar-refractivity contribution >= 4 is 0 Å². The van der Waals surface area contributed by atoms with E-state index in [2.05, 4.69) is 39.5 Å². The molecule has 1 fully saturated rings. The third kappa shape index (κ3) is 2.73. The molecule has 90 valence electrons. The number of methoxy groups -OCH3 is 1. The second-order valence-corrected chi connectivity index (χ2v) is 6.19. The maximum atomic E-state index is 5.29. The summed E-state index contributed by atoms with van der Waals surface area (Å²) in [5, 5.41) is 0. The smallest absolute Gasteiger partial charge is 0.0516 e. The second kappa shape index (κ2) is 4.42. The van der Waals surface area contributed by atoms with Gasteiger partial charge in [0, 0.05) is 25.7 Å². The molecule has 0 aromatic rings. The maximum Gasteiger partial charge on any atom is 0.0516 e. The van der Waals surface area contributed by atoms with Crippen LogP contribution in [0.3, 0.4) is 0 Å². The number of hydrogen-bond donors (Lipinski definition) is 0. The number of nitrogens with zero attached hydrogens (tertiary/aromatic N) is 1. The fraction of sp³-hybridized carbons (Fsp3) is 1.00. The molecule has 15 heavy (non-hydrogen) atoms. The Balaban J connectivity index is 2.43. The van der Waals surface area contributed by atoms with E-state index in [1.807, 2.05) is 0 Å². The van der Waals surface area contributed by atoms with E-state index in [4.69, 9.17) is 4.74 Å². The van der Waals surface area contributed by atoms with Gasteiger partial charge in [0.25, 0.3) is 0 Å². The van der Waals surface area contributed by atoms with Crippen molar-refractivity contribution in [1.29, 1.82) is 0 Å². The van der Waals surface area contributed by atoms with Crippen molar-refractivity contribution in [3.63, 3.8) is 0 Å². The SMILES string of the molecule is CCC(C)(C)N1CC(C(C)(C)COC)C1. The van der Waals surface area contributed by atoms with Crippen LogP contribution in [0.1, 0.15) is 41.0 Å². The Morgan fingerprint density at radius 2 is 1.73 bits per heavy atom. The third-order valence-electron chi connectivity index (χ3n) is 4.22. The average molecular weight is 213 g/mol. The molecule has 0 aliphatic carbocycles. The van der Waals surface area contributed by atoms with Crippen LogP contribution in [0.2, 0.25) is 0 Å². The highest BCUT2D eigenvalue weighted by atomic mass is 16.5. The number of likely N-dealkylation sites (tertiary alicyclic amines) is 1. The van der Waals surface area contributed by atoms with Gasteiger partial charge < -0.3 is 4.74 Å². The molecule has 0 saturated carbocycles. The fourth-order valence-electron chi connectivity index (χ4n) is 2.18. The van der Waals surface area contributed by atoms with Crippen molar-refractivity contribution < 1.29 is 4.74 Å².